The van der Waals surface area contributed by atoms with Crippen molar-refractivity contribution in [2.45, 2.75) is 24.8 Å². The summed E-state index contributed by atoms with van der Waals surface area (Å²) in [4.78, 5) is 25.2. The van der Waals surface area contributed by atoms with E-state index in [-0.39, 0.29) is 23.4 Å². The van der Waals surface area contributed by atoms with Crippen molar-refractivity contribution in [3.8, 4) is 0 Å². The lowest BCUT2D eigenvalue weighted by Gasteiger charge is -2.29. The number of non-ortho nitro benzene ring substituents is 1. The van der Waals surface area contributed by atoms with Crippen LogP contribution in [-0.4, -0.2) is 10.7 Å². The van der Waals surface area contributed by atoms with Crippen molar-refractivity contribution in [3.63, 3.8) is 0 Å². The molecule has 0 saturated carbocycles. The van der Waals surface area contributed by atoms with E-state index in [9.17, 15) is 14.9 Å². The van der Waals surface area contributed by atoms with Crippen molar-refractivity contribution in [2.75, 3.05) is 10.6 Å². The molecule has 0 saturated heterocycles. The van der Waals surface area contributed by atoms with Gasteiger partial charge in [0.15, 0.2) is 5.78 Å². The van der Waals surface area contributed by atoms with E-state index in [1.54, 1.807) is 23.5 Å². The normalized spacial score (nSPS) is 20.5. The first kappa shape index (κ1) is 18.6. The van der Waals surface area contributed by atoms with Crippen LogP contribution in [-0.2, 0) is 4.79 Å². The average Bonchev–Trinajstić information content (AvgIpc) is 3.23. The van der Waals surface area contributed by atoms with Gasteiger partial charge in [0.05, 0.1) is 22.3 Å². The molecule has 0 radical (unpaired) electrons. The van der Waals surface area contributed by atoms with E-state index < -0.39 is 4.92 Å². The summed E-state index contributed by atoms with van der Waals surface area (Å²) in [7, 11) is 0. The molecule has 30 heavy (non-hydrogen) atoms. The Labute approximate surface area is 177 Å². The molecule has 2 atom stereocenters. The molecule has 1 aromatic heterocycles. The smallest absolute Gasteiger partial charge is 0.269 e. The van der Waals surface area contributed by atoms with Gasteiger partial charge in [0.2, 0.25) is 0 Å². The molecule has 0 bridgehead atoms. The quantitative estimate of drug-likeness (QED) is 0.426. The molecule has 0 spiro atoms. The van der Waals surface area contributed by atoms with Crippen LogP contribution in [0.5, 0.6) is 0 Å². The van der Waals surface area contributed by atoms with E-state index in [1.807, 2.05) is 35.7 Å². The average molecular weight is 417 g/mol. The summed E-state index contributed by atoms with van der Waals surface area (Å²) < 4.78 is 0. The van der Waals surface area contributed by atoms with Crippen molar-refractivity contribution < 1.29 is 9.72 Å². The minimum atomic E-state index is -0.413. The number of ketones is 1. The first-order valence-electron chi connectivity index (χ1n) is 9.77. The highest BCUT2D eigenvalue weighted by molar-refractivity contribution is 7.10. The third-order valence-corrected chi connectivity index (χ3v) is 6.73. The van der Waals surface area contributed by atoms with Crippen LogP contribution in [0.3, 0.4) is 0 Å². The molecule has 3 aromatic rings. The fraction of sp³-hybridized carbons (Fsp3) is 0.174. The molecule has 0 fully saturated rings. The molecule has 0 unspecified atom stereocenters. The monoisotopic (exact) mass is 417 g/mol. The molecule has 2 N–H and O–H groups in total. The standard InChI is InChI=1S/C23H19N3O3S/c27-20-13-15(21-6-3-11-30-21)12-19-22(20)23(14-7-9-16(10-8-14)26(28)29)25-18-5-2-1-4-17(18)24-19/h1-11,15,23-25H,12-13H2/t15-,23+/m0/s1. The zero-order valence-corrected chi connectivity index (χ0v) is 16.8. The van der Waals surface area contributed by atoms with Crippen molar-refractivity contribution >= 4 is 34.2 Å². The van der Waals surface area contributed by atoms with Crippen LogP contribution in [0.2, 0.25) is 0 Å². The second-order valence-electron chi connectivity index (χ2n) is 7.53. The number of nitro benzene ring substituents is 1. The number of para-hydroxylation sites is 2. The lowest BCUT2D eigenvalue weighted by Crippen LogP contribution is -2.26. The van der Waals surface area contributed by atoms with Gasteiger partial charge in [-0.1, -0.05) is 18.2 Å². The van der Waals surface area contributed by atoms with Gasteiger partial charge < -0.3 is 10.6 Å². The highest BCUT2D eigenvalue weighted by Crippen LogP contribution is 2.44. The van der Waals surface area contributed by atoms with E-state index in [2.05, 4.69) is 16.7 Å². The van der Waals surface area contributed by atoms with Gasteiger partial charge in [-0.15, -0.1) is 11.3 Å². The van der Waals surface area contributed by atoms with Crippen molar-refractivity contribution in [1.82, 2.24) is 0 Å². The van der Waals surface area contributed by atoms with Gasteiger partial charge in [0.25, 0.3) is 5.69 Å². The summed E-state index contributed by atoms with van der Waals surface area (Å²) in [5.41, 5.74) is 4.32. The number of carbonyl (C=O) groups is 1. The van der Waals surface area contributed by atoms with Crippen LogP contribution < -0.4 is 10.6 Å². The number of hydrogen-bond acceptors (Lipinski definition) is 6. The molecule has 1 aliphatic heterocycles. The molecule has 2 aliphatic rings. The molecule has 2 heterocycles. The minimum Gasteiger partial charge on any atom is -0.372 e. The van der Waals surface area contributed by atoms with E-state index in [0.29, 0.717) is 12.0 Å². The zero-order chi connectivity index (χ0) is 20.7. The fourth-order valence-electron chi connectivity index (χ4n) is 4.26. The lowest BCUT2D eigenvalue weighted by atomic mass is 9.81. The Kier molecular flexibility index (Phi) is 4.59. The van der Waals surface area contributed by atoms with E-state index >= 15 is 0 Å². The summed E-state index contributed by atoms with van der Waals surface area (Å²) in [6, 6.07) is 18.0. The number of rotatable bonds is 3. The fourth-order valence-corrected chi connectivity index (χ4v) is 5.09. The minimum absolute atomic E-state index is 0.0350. The molecule has 5 rings (SSSR count). The summed E-state index contributed by atoms with van der Waals surface area (Å²) >= 11 is 1.68. The first-order chi connectivity index (χ1) is 14.6. The van der Waals surface area contributed by atoms with Gasteiger partial charge in [-0.25, -0.2) is 0 Å². The van der Waals surface area contributed by atoms with Crippen LogP contribution in [0.25, 0.3) is 0 Å². The van der Waals surface area contributed by atoms with Crippen molar-refractivity contribution in [2.24, 2.45) is 0 Å². The van der Waals surface area contributed by atoms with Crippen molar-refractivity contribution in [3.05, 3.63) is 97.9 Å². The molecule has 150 valence electrons. The number of hydrogen-bond donors (Lipinski definition) is 2. The van der Waals surface area contributed by atoms with E-state index in [4.69, 9.17) is 0 Å². The number of benzene rings is 2. The molecular weight excluding hydrogens is 398 g/mol. The van der Waals surface area contributed by atoms with Gasteiger partial charge in [0.1, 0.15) is 0 Å². The molecule has 1 aliphatic carbocycles. The van der Waals surface area contributed by atoms with Crippen LogP contribution in [0.15, 0.2) is 77.3 Å². The Morgan fingerprint density at radius 3 is 2.43 bits per heavy atom. The summed E-state index contributed by atoms with van der Waals surface area (Å²) in [6.45, 7) is 0. The largest absolute Gasteiger partial charge is 0.372 e. The third kappa shape index (κ3) is 3.27. The van der Waals surface area contributed by atoms with E-state index in [1.165, 1.54) is 17.0 Å². The Balaban J connectivity index is 1.60. The highest BCUT2D eigenvalue weighted by atomic mass is 32.1. The Morgan fingerprint density at radius 2 is 1.73 bits per heavy atom. The summed E-state index contributed by atoms with van der Waals surface area (Å²) in [6.07, 6.45) is 1.21. The summed E-state index contributed by atoms with van der Waals surface area (Å²) in [5, 5.41) is 20.1. The number of nitrogens with zero attached hydrogens (tertiary/aromatic N) is 1. The number of carbonyl (C=O) groups excluding carboxylic acids is 1. The van der Waals surface area contributed by atoms with Gasteiger partial charge >= 0.3 is 0 Å². The first-order valence-corrected chi connectivity index (χ1v) is 10.6. The predicted octanol–water partition coefficient (Wildman–Crippen LogP) is 5.64. The number of nitrogens with one attached hydrogen (secondary N) is 2. The van der Waals surface area contributed by atoms with Gasteiger partial charge in [0, 0.05) is 40.6 Å². The second kappa shape index (κ2) is 7.42. The number of fused-ring (bicyclic) bond motifs is 1. The number of Topliss-reactive ketones (excluding diaryl/α,β-unsaturated/α-hetero) is 1. The third-order valence-electron chi connectivity index (χ3n) is 5.69. The number of anilines is 2. The maximum absolute atomic E-state index is 13.4. The maximum atomic E-state index is 13.4. The van der Waals surface area contributed by atoms with Gasteiger partial charge in [-0.3, -0.25) is 14.9 Å². The number of thiophene rings is 1. The Morgan fingerprint density at radius 1 is 0.967 bits per heavy atom. The number of nitro groups is 1. The zero-order valence-electron chi connectivity index (χ0n) is 16.0. The van der Waals surface area contributed by atoms with Gasteiger partial charge in [-0.05, 0) is 47.7 Å². The van der Waals surface area contributed by atoms with Gasteiger partial charge in [-0.2, -0.15) is 0 Å². The molecule has 0 amide bonds. The van der Waals surface area contributed by atoms with Crippen LogP contribution in [0.4, 0.5) is 17.1 Å². The lowest BCUT2D eigenvalue weighted by molar-refractivity contribution is -0.384. The summed E-state index contributed by atoms with van der Waals surface area (Å²) in [5.74, 6) is 0.261. The Bertz CT molecular complexity index is 1150. The molecular formula is C23H19N3O3S. The topological polar surface area (TPSA) is 84.3 Å². The highest BCUT2D eigenvalue weighted by Gasteiger charge is 2.36. The second-order valence-corrected chi connectivity index (χ2v) is 8.51. The molecule has 6 nitrogen and oxygen atoms in total. The van der Waals surface area contributed by atoms with E-state index in [0.717, 1.165) is 29.1 Å². The number of allylic oxidation sites excluding steroid dienone is 1. The SMILES string of the molecule is O=C1C[C@@H](c2cccs2)CC2=C1[C@@H](c1ccc([N+](=O)[O-])cc1)Nc1ccccc1N2. The van der Waals surface area contributed by atoms with Crippen LogP contribution in [0.1, 0.15) is 35.2 Å². The predicted molar refractivity (Wildman–Crippen MR) is 118 cm³/mol. The van der Waals surface area contributed by atoms with Crippen LogP contribution in [0, 0.1) is 10.1 Å². The van der Waals surface area contributed by atoms with Crippen molar-refractivity contribution in [1.29, 1.82) is 0 Å². The maximum Gasteiger partial charge on any atom is 0.269 e. The molecule has 2 aromatic carbocycles. The Hall–Kier alpha value is -3.45. The molecule has 7 heteroatoms. The van der Waals surface area contributed by atoms with Crippen LogP contribution >= 0.6 is 11.3 Å².